The topological polar surface area (TPSA) is 87.1 Å². The van der Waals surface area contributed by atoms with Gasteiger partial charge in [-0.25, -0.2) is 9.78 Å². The Morgan fingerprint density at radius 2 is 2.00 bits per heavy atom. The number of amides is 2. The molecule has 1 N–H and O–H groups in total. The van der Waals surface area contributed by atoms with Crippen LogP contribution in [-0.4, -0.2) is 69.2 Å². The average Bonchev–Trinajstić information content (AvgIpc) is 3.14. The first kappa shape index (κ1) is 18.7. The molecule has 2 amide bonds. The smallest absolute Gasteiger partial charge is 0.323 e. The van der Waals surface area contributed by atoms with Crippen LogP contribution < -0.4 is 5.32 Å². The van der Waals surface area contributed by atoms with Gasteiger partial charge >= 0.3 is 6.03 Å². The summed E-state index contributed by atoms with van der Waals surface area (Å²) >= 11 is 1.53. The van der Waals surface area contributed by atoms with Gasteiger partial charge in [-0.15, -0.1) is 10.2 Å². The predicted octanol–water partition coefficient (Wildman–Crippen LogP) is 3.01. The normalized spacial score (nSPS) is 15.7. The molecule has 0 aliphatic carbocycles. The maximum atomic E-state index is 12.6. The minimum absolute atomic E-state index is 0.134. The van der Waals surface area contributed by atoms with Crippen LogP contribution in [0.2, 0.25) is 0 Å². The lowest BCUT2D eigenvalue weighted by molar-refractivity contribution is 0.156. The number of carbonyl (C=O) groups excluding carboxylic acids is 1. The van der Waals surface area contributed by atoms with Gasteiger partial charge in [0, 0.05) is 30.2 Å². The van der Waals surface area contributed by atoms with Gasteiger partial charge in [-0.05, 0) is 52.0 Å². The lowest BCUT2D eigenvalue weighted by Crippen LogP contribution is -2.46. The molecule has 1 saturated heterocycles. The quantitative estimate of drug-likeness (QED) is 0.731. The van der Waals surface area contributed by atoms with Gasteiger partial charge in [0.15, 0.2) is 0 Å². The summed E-state index contributed by atoms with van der Waals surface area (Å²) in [6.07, 6.45) is 5.42. The number of nitrogens with zero attached hydrogens (tertiary/aromatic N) is 6. The lowest BCUT2D eigenvalue weighted by Gasteiger charge is -2.34. The van der Waals surface area contributed by atoms with Crippen LogP contribution in [0, 0.1) is 6.92 Å². The Labute approximate surface area is 167 Å². The highest BCUT2D eigenvalue weighted by Gasteiger charge is 2.24. The Kier molecular flexibility index (Phi) is 5.19. The second-order valence-corrected chi connectivity index (χ2v) is 8.37. The number of pyridine rings is 2. The van der Waals surface area contributed by atoms with E-state index in [4.69, 9.17) is 0 Å². The molecule has 4 rings (SSSR count). The van der Waals surface area contributed by atoms with E-state index in [9.17, 15) is 4.79 Å². The molecular weight excluding hydrogens is 374 g/mol. The van der Waals surface area contributed by atoms with E-state index in [1.807, 2.05) is 26.1 Å². The molecule has 0 aromatic carbocycles. The van der Waals surface area contributed by atoms with E-state index in [2.05, 4.69) is 37.4 Å². The molecule has 28 heavy (non-hydrogen) atoms. The summed E-state index contributed by atoms with van der Waals surface area (Å²) in [7, 11) is 3.96. The Bertz CT molecular complexity index is 997. The van der Waals surface area contributed by atoms with Crippen molar-refractivity contribution >= 4 is 34.1 Å². The third-order valence-electron chi connectivity index (χ3n) is 5.13. The molecule has 1 aliphatic rings. The van der Waals surface area contributed by atoms with Crippen molar-refractivity contribution in [2.24, 2.45) is 0 Å². The van der Waals surface area contributed by atoms with Crippen molar-refractivity contribution in [1.29, 1.82) is 0 Å². The molecule has 0 saturated carbocycles. The Hall–Kier alpha value is -2.65. The van der Waals surface area contributed by atoms with Crippen molar-refractivity contribution in [3.63, 3.8) is 0 Å². The summed E-state index contributed by atoms with van der Waals surface area (Å²) in [5.74, 6) is 0.518. The van der Waals surface area contributed by atoms with E-state index in [1.54, 1.807) is 17.3 Å². The van der Waals surface area contributed by atoms with Crippen molar-refractivity contribution in [3.05, 3.63) is 29.5 Å². The van der Waals surface area contributed by atoms with Gasteiger partial charge in [-0.1, -0.05) is 11.3 Å². The number of aromatic nitrogens is 4. The number of fused-ring (bicyclic) bond motifs is 1. The maximum Gasteiger partial charge on any atom is 0.323 e. The highest BCUT2D eigenvalue weighted by molar-refractivity contribution is 7.14. The molecule has 0 radical (unpaired) electrons. The van der Waals surface area contributed by atoms with Crippen LogP contribution >= 0.6 is 11.3 Å². The van der Waals surface area contributed by atoms with Crippen LogP contribution in [0.5, 0.6) is 0 Å². The first-order chi connectivity index (χ1) is 13.5. The Morgan fingerprint density at radius 3 is 2.71 bits per heavy atom. The molecule has 0 unspecified atom stereocenters. The second kappa shape index (κ2) is 7.76. The number of rotatable bonds is 3. The molecule has 1 aliphatic heterocycles. The standard InChI is InChI=1S/C19H23N7OS/c1-12-23-24-18(28-12)14-8-13-9-17(21-11-16(13)20-10-14)22-19(27)26(3)15-4-6-25(2)7-5-15/h8-11,15H,4-7H2,1-3H3,(H,21,22,27). The summed E-state index contributed by atoms with van der Waals surface area (Å²) in [5, 5.41) is 13.8. The zero-order valence-corrected chi connectivity index (χ0v) is 17.0. The van der Waals surface area contributed by atoms with Gasteiger partial charge in [0.2, 0.25) is 0 Å². The number of aryl methyl sites for hydroxylation is 1. The van der Waals surface area contributed by atoms with E-state index in [0.717, 1.165) is 52.4 Å². The van der Waals surface area contributed by atoms with Crippen molar-refractivity contribution in [1.82, 2.24) is 30.0 Å². The third kappa shape index (κ3) is 3.95. The first-order valence-electron chi connectivity index (χ1n) is 9.28. The molecule has 0 spiro atoms. The fraction of sp³-hybridized carbons (Fsp3) is 0.421. The average molecular weight is 398 g/mol. The molecule has 3 aromatic heterocycles. The number of likely N-dealkylation sites (tertiary alicyclic amines) is 1. The zero-order chi connectivity index (χ0) is 19.7. The van der Waals surface area contributed by atoms with Crippen molar-refractivity contribution in [2.45, 2.75) is 25.8 Å². The summed E-state index contributed by atoms with van der Waals surface area (Å²) in [6, 6.07) is 3.97. The molecule has 4 heterocycles. The van der Waals surface area contributed by atoms with Gasteiger partial charge in [0.1, 0.15) is 15.8 Å². The summed E-state index contributed by atoms with van der Waals surface area (Å²) in [6.45, 7) is 3.94. The zero-order valence-electron chi connectivity index (χ0n) is 16.2. The summed E-state index contributed by atoms with van der Waals surface area (Å²) in [4.78, 5) is 25.5. The fourth-order valence-corrected chi connectivity index (χ4v) is 4.05. The van der Waals surface area contributed by atoms with Crippen LogP contribution in [0.4, 0.5) is 10.6 Å². The van der Waals surface area contributed by atoms with Gasteiger partial charge in [0.05, 0.1) is 11.7 Å². The number of hydrogen-bond donors (Lipinski definition) is 1. The van der Waals surface area contributed by atoms with Crippen molar-refractivity contribution in [2.75, 3.05) is 32.5 Å². The van der Waals surface area contributed by atoms with E-state index in [-0.39, 0.29) is 12.1 Å². The second-order valence-electron chi connectivity index (χ2n) is 7.19. The Balaban J connectivity index is 1.51. The van der Waals surface area contributed by atoms with Crippen molar-refractivity contribution < 1.29 is 4.79 Å². The van der Waals surface area contributed by atoms with E-state index in [0.29, 0.717) is 5.82 Å². The van der Waals surface area contributed by atoms with Crippen LogP contribution in [0.15, 0.2) is 24.5 Å². The minimum atomic E-state index is -0.134. The van der Waals surface area contributed by atoms with Gasteiger partial charge in [0.25, 0.3) is 0 Å². The third-order valence-corrected chi connectivity index (χ3v) is 6.02. The first-order valence-corrected chi connectivity index (χ1v) is 10.1. The number of carbonyl (C=O) groups is 1. The van der Waals surface area contributed by atoms with E-state index >= 15 is 0 Å². The SMILES string of the molecule is Cc1nnc(-c2cnc3cnc(NC(=O)N(C)C4CCN(C)CC4)cc3c2)s1. The molecule has 3 aromatic rings. The number of anilines is 1. The molecular formula is C19H23N7OS. The summed E-state index contributed by atoms with van der Waals surface area (Å²) in [5.41, 5.74) is 1.68. The van der Waals surface area contributed by atoms with Crippen LogP contribution in [-0.2, 0) is 0 Å². The van der Waals surface area contributed by atoms with Gasteiger partial charge < -0.3 is 9.80 Å². The molecule has 8 nitrogen and oxygen atoms in total. The monoisotopic (exact) mass is 397 g/mol. The highest BCUT2D eigenvalue weighted by Crippen LogP contribution is 2.26. The van der Waals surface area contributed by atoms with Gasteiger partial charge in [-0.2, -0.15) is 0 Å². The molecule has 0 bridgehead atoms. The highest BCUT2D eigenvalue weighted by atomic mass is 32.1. The molecule has 9 heteroatoms. The number of hydrogen-bond acceptors (Lipinski definition) is 7. The predicted molar refractivity (Wildman–Crippen MR) is 110 cm³/mol. The molecule has 1 fully saturated rings. The van der Waals surface area contributed by atoms with E-state index < -0.39 is 0 Å². The lowest BCUT2D eigenvalue weighted by atomic mass is 10.0. The number of nitrogens with one attached hydrogen (secondary N) is 1. The number of urea groups is 1. The van der Waals surface area contributed by atoms with Crippen molar-refractivity contribution in [3.8, 4) is 10.6 Å². The Morgan fingerprint density at radius 1 is 1.21 bits per heavy atom. The maximum absolute atomic E-state index is 12.6. The number of piperidine rings is 1. The fourth-order valence-electron chi connectivity index (χ4n) is 3.38. The van der Waals surface area contributed by atoms with E-state index in [1.165, 1.54) is 11.3 Å². The minimum Gasteiger partial charge on any atom is -0.324 e. The largest absolute Gasteiger partial charge is 0.324 e. The van der Waals surface area contributed by atoms with Crippen LogP contribution in [0.1, 0.15) is 17.8 Å². The summed E-state index contributed by atoms with van der Waals surface area (Å²) < 4.78 is 0. The molecule has 146 valence electrons. The van der Waals surface area contributed by atoms with Crippen LogP contribution in [0.3, 0.4) is 0 Å². The van der Waals surface area contributed by atoms with Gasteiger partial charge in [-0.3, -0.25) is 10.3 Å². The molecule has 0 atom stereocenters. The van der Waals surface area contributed by atoms with Crippen LogP contribution in [0.25, 0.3) is 21.5 Å².